The van der Waals surface area contributed by atoms with Crippen molar-refractivity contribution in [2.75, 3.05) is 18.2 Å². The van der Waals surface area contributed by atoms with Crippen LogP contribution >= 0.6 is 15.9 Å². The van der Waals surface area contributed by atoms with Crippen molar-refractivity contribution < 1.29 is 9.37 Å². The number of nitrogens with two attached hydrogens (primary N) is 1. The highest BCUT2D eigenvalue weighted by Gasteiger charge is 2.10. The maximum atomic E-state index is 5.81. The number of rotatable bonds is 3. The first-order chi connectivity index (χ1) is 9.67. The number of benzene rings is 2. The minimum Gasteiger partial charge on any atom is -0.497 e. The van der Waals surface area contributed by atoms with E-state index in [-0.39, 0.29) is 0 Å². The molecule has 0 aliphatic rings. The number of methoxy groups -OCH3 is 1. The average molecular weight is 335 g/mol. The summed E-state index contributed by atoms with van der Waals surface area (Å²) in [7, 11) is 1.62. The van der Waals surface area contributed by atoms with E-state index in [0.29, 0.717) is 16.7 Å². The molecule has 0 unspecified atom stereocenters. The highest BCUT2D eigenvalue weighted by molar-refractivity contribution is 9.10. The number of fused-ring (bicyclic) bond motifs is 1. The molecule has 0 fully saturated rings. The Bertz CT molecular complexity index is 772. The maximum Gasteiger partial charge on any atom is 0.160 e. The van der Waals surface area contributed by atoms with Crippen molar-refractivity contribution in [3.05, 3.63) is 34.8 Å². The van der Waals surface area contributed by atoms with Crippen molar-refractivity contribution >= 4 is 44.0 Å². The molecule has 7 heteroatoms. The summed E-state index contributed by atoms with van der Waals surface area (Å²) in [4.78, 5) is 0. The minimum atomic E-state index is 0.527. The molecule has 0 bridgehead atoms. The number of hydrogen-bond donors (Lipinski definition) is 2. The van der Waals surface area contributed by atoms with Gasteiger partial charge >= 0.3 is 0 Å². The lowest BCUT2D eigenvalue weighted by atomic mass is 10.2. The smallest absolute Gasteiger partial charge is 0.160 e. The fourth-order valence-corrected chi connectivity index (χ4v) is 2.37. The summed E-state index contributed by atoms with van der Waals surface area (Å²) < 4.78 is 10.9. The molecule has 0 atom stereocenters. The average Bonchev–Trinajstić information content (AvgIpc) is 2.92. The van der Waals surface area contributed by atoms with E-state index in [1.165, 1.54) is 0 Å². The van der Waals surface area contributed by atoms with Crippen LogP contribution in [0.5, 0.6) is 5.75 Å². The van der Waals surface area contributed by atoms with E-state index in [0.717, 1.165) is 21.6 Å². The number of nitrogens with one attached hydrogen (secondary N) is 1. The topological polar surface area (TPSA) is 86.2 Å². The van der Waals surface area contributed by atoms with Crippen LogP contribution in [-0.2, 0) is 0 Å². The molecule has 2 aromatic carbocycles. The number of anilines is 3. The van der Waals surface area contributed by atoms with Crippen LogP contribution in [0.2, 0.25) is 0 Å². The molecule has 0 aliphatic carbocycles. The van der Waals surface area contributed by atoms with Crippen molar-refractivity contribution in [1.82, 2.24) is 10.3 Å². The molecule has 1 aromatic heterocycles. The van der Waals surface area contributed by atoms with Gasteiger partial charge in [0.2, 0.25) is 0 Å². The zero-order chi connectivity index (χ0) is 14.1. The van der Waals surface area contributed by atoms with Gasteiger partial charge in [0.1, 0.15) is 5.75 Å². The van der Waals surface area contributed by atoms with Crippen LogP contribution in [0.3, 0.4) is 0 Å². The molecule has 6 nitrogen and oxygen atoms in total. The van der Waals surface area contributed by atoms with E-state index in [4.69, 9.17) is 15.1 Å². The molecule has 3 N–H and O–H groups in total. The lowest BCUT2D eigenvalue weighted by molar-refractivity contribution is 0.316. The first-order valence-corrected chi connectivity index (χ1v) is 6.59. The molecule has 102 valence electrons. The highest BCUT2D eigenvalue weighted by atomic mass is 79.9. The van der Waals surface area contributed by atoms with Gasteiger partial charge in [0, 0.05) is 16.2 Å². The first kappa shape index (κ1) is 12.7. The normalized spacial score (nSPS) is 10.7. The van der Waals surface area contributed by atoms with Crippen LogP contribution in [-0.4, -0.2) is 17.4 Å². The molecular weight excluding hydrogens is 324 g/mol. The monoisotopic (exact) mass is 334 g/mol. The van der Waals surface area contributed by atoms with Gasteiger partial charge in [-0.3, -0.25) is 0 Å². The molecule has 0 saturated carbocycles. The van der Waals surface area contributed by atoms with Crippen molar-refractivity contribution in [1.29, 1.82) is 0 Å². The summed E-state index contributed by atoms with van der Waals surface area (Å²) >= 11 is 3.43. The number of nitrogen functional groups attached to an aromatic ring is 1. The fourth-order valence-electron chi connectivity index (χ4n) is 1.89. The summed E-state index contributed by atoms with van der Waals surface area (Å²) in [6, 6.07) is 9.26. The van der Waals surface area contributed by atoms with Crippen LogP contribution in [0.15, 0.2) is 39.4 Å². The van der Waals surface area contributed by atoms with Crippen LogP contribution in [0.4, 0.5) is 17.1 Å². The largest absolute Gasteiger partial charge is 0.497 e. The van der Waals surface area contributed by atoms with Crippen molar-refractivity contribution in [3.63, 3.8) is 0 Å². The number of ether oxygens (including phenoxy) is 1. The van der Waals surface area contributed by atoms with Crippen molar-refractivity contribution in [2.45, 2.75) is 0 Å². The van der Waals surface area contributed by atoms with E-state index >= 15 is 0 Å². The van der Waals surface area contributed by atoms with Gasteiger partial charge in [-0.2, -0.15) is 0 Å². The van der Waals surface area contributed by atoms with Crippen LogP contribution < -0.4 is 15.8 Å². The Morgan fingerprint density at radius 1 is 1.20 bits per heavy atom. The van der Waals surface area contributed by atoms with E-state index < -0.39 is 0 Å². The number of aromatic nitrogens is 2. The molecule has 0 spiro atoms. The Morgan fingerprint density at radius 2 is 2.00 bits per heavy atom. The third kappa shape index (κ3) is 2.27. The SMILES string of the molecule is COc1cc(Br)cc(Nc2ccc(N)c3nonc23)c1. The van der Waals surface area contributed by atoms with Crippen molar-refractivity contribution in [3.8, 4) is 5.75 Å². The third-order valence-corrected chi connectivity index (χ3v) is 3.29. The Labute approximate surface area is 123 Å². The van der Waals surface area contributed by atoms with Gasteiger partial charge < -0.3 is 15.8 Å². The Morgan fingerprint density at radius 3 is 2.80 bits per heavy atom. The summed E-state index contributed by atoms with van der Waals surface area (Å²) in [5.41, 5.74) is 9.08. The predicted molar refractivity (Wildman–Crippen MR) is 80.2 cm³/mol. The van der Waals surface area contributed by atoms with Gasteiger partial charge in [0.15, 0.2) is 11.0 Å². The highest BCUT2D eigenvalue weighted by Crippen LogP contribution is 2.31. The zero-order valence-electron chi connectivity index (χ0n) is 10.6. The van der Waals surface area contributed by atoms with Crippen LogP contribution in [0.1, 0.15) is 0 Å². The summed E-state index contributed by atoms with van der Waals surface area (Å²) in [6.45, 7) is 0. The quantitative estimate of drug-likeness (QED) is 0.714. The molecule has 20 heavy (non-hydrogen) atoms. The van der Waals surface area contributed by atoms with E-state index in [9.17, 15) is 0 Å². The molecule has 1 heterocycles. The number of hydrogen-bond acceptors (Lipinski definition) is 6. The van der Waals surface area contributed by atoms with E-state index in [2.05, 4.69) is 31.6 Å². The Balaban J connectivity index is 2.03. The Hall–Kier alpha value is -2.28. The third-order valence-electron chi connectivity index (χ3n) is 2.83. The molecule has 3 aromatic rings. The Kier molecular flexibility index (Phi) is 3.19. The zero-order valence-corrected chi connectivity index (χ0v) is 12.1. The lowest BCUT2D eigenvalue weighted by Crippen LogP contribution is -1.95. The predicted octanol–water partition coefficient (Wildman–Crippen LogP) is 3.32. The second-order valence-corrected chi connectivity index (χ2v) is 5.08. The minimum absolute atomic E-state index is 0.527. The molecule has 0 saturated heterocycles. The first-order valence-electron chi connectivity index (χ1n) is 5.80. The summed E-state index contributed by atoms with van der Waals surface area (Å²) in [5.74, 6) is 0.742. The molecule has 0 radical (unpaired) electrons. The van der Waals surface area contributed by atoms with Gasteiger partial charge in [-0.05, 0) is 34.6 Å². The lowest BCUT2D eigenvalue weighted by Gasteiger charge is -2.09. The van der Waals surface area contributed by atoms with Gasteiger partial charge in [-0.25, -0.2) is 4.63 Å². The van der Waals surface area contributed by atoms with Crippen LogP contribution in [0, 0.1) is 0 Å². The standard InChI is InChI=1S/C13H11BrN4O2/c1-19-9-5-7(14)4-8(6-9)16-11-3-2-10(15)12-13(11)18-20-17-12/h2-6,16H,15H2,1H3. The summed E-state index contributed by atoms with van der Waals surface area (Å²) in [5, 5.41) is 10.9. The summed E-state index contributed by atoms with van der Waals surface area (Å²) in [6.07, 6.45) is 0. The van der Waals surface area contributed by atoms with Crippen LogP contribution in [0.25, 0.3) is 11.0 Å². The molecular formula is C13H11BrN4O2. The van der Waals surface area contributed by atoms with Gasteiger partial charge in [-0.15, -0.1) is 0 Å². The van der Waals surface area contributed by atoms with Gasteiger partial charge in [-0.1, -0.05) is 15.9 Å². The second-order valence-electron chi connectivity index (χ2n) is 4.17. The molecule has 0 aliphatic heterocycles. The molecule has 0 amide bonds. The van der Waals surface area contributed by atoms with Gasteiger partial charge in [0.05, 0.1) is 18.5 Å². The maximum absolute atomic E-state index is 5.81. The second kappa shape index (κ2) is 5.01. The van der Waals surface area contributed by atoms with E-state index in [1.807, 2.05) is 24.3 Å². The number of halogens is 1. The van der Waals surface area contributed by atoms with Crippen molar-refractivity contribution in [2.24, 2.45) is 0 Å². The fraction of sp³-hybridized carbons (Fsp3) is 0.0769. The molecule has 3 rings (SSSR count). The van der Waals surface area contributed by atoms with Gasteiger partial charge in [0.25, 0.3) is 0 Å². The van der Waals surface area contributed by atoms with E-state index in [1.54, 1.807) is 13.2 Å². The number of nitrogens with zero attached hydrogens (tertiary/aromatic N) is 2.